The number of carbonyl (C=O) groups is 1. The van der Waals surface area contributed by atoms with Gasteiger partial charge >= 0.3 is 5.97 Å². The number of aliphatic hydroxyl groups is 1. The van der Waals surface area contributed by atoms with Crippen molar-refractivity contribution in [2.24, 2.45) is 0 Å². The van der Waals surface area contributed by atoms with Crippen molar-refractivity contribution in [1.82, 2.24) is 0 Å². The Morgan fingerprint density at radius 1 is 1.58 bits per heavy atom. The second-order valence-corrected chi connectivity index (χ2v) is 2.98. The average Bonchev–Trinajstić information content (AvgIpc) is 2.54. The van der Waals surface area contributed by atoms with Gasteiger partial charge in [-0.2, -0.15) is 0 Å². The van der Waals surface area contributed by atoms with Gasteiger partial charge in [0.1, 0.15) is 0 Å². The summed E-state index contributed by atoms with van der Waals surface area (Å²) in [6, 6.07) is 0. The fraction of sp³-hybridized carbons (Fsp3) is 0.375. The maximum absolute atomic E-state index is 10.7. The molecule has 0 saturated carbocycles. The minimum absolute atomic E-state index is 0.239. The molecule has 1 atom stereocenters. The second-order valence-electron chi connectivity index (χ2n) is 2.98. The molecule has 64 valence electrons. The number of aryl methyl sites for hydroxylation is 1. The Morgan fingerprint density at radius 3 is 3.00 bits per heavy atom. The summed E-state index contributed by atoms with van der Waals surface area (Å²) in [5.41, 5.74) is -0.530. The van der Waals surface area contributed by atoms with Crippen LogP contribution in [-0.4, -0.2) is 16.2 Å². The number of fused-ring (bicyclic) bond motifs is 1. The van der Waals surface area contributed by atoms with Crippen molar-refractivity contribution in [3.05, 3.63) is 23.7 Å². The number of hydrogen-bond acceptors (Lipinski definition) is 3. The van der Waals surface area contributed by atoms with E-state index in [-0.39, 0.29) is 6.42 Å². The standard InChI is InChI=1S/C8H8O4/c9-7(10)8(11)2-1-5-3-12-4-6(5)8/h3-4,11H,1-2H2,(H,9,10). The maximum Gasteiger partial charge on any atom is 0.340 e. The van der Waals surface area contributed by atoms with E-state index in [4.69, 9.17) is 9.52 Å². The first-order chi connectivity index (χ1) is 5.64. The Hall–Kier alpha value is -1.29. The molecule has 12 heavy (non-hydrogen) atoms. The summed E-state index contributed by atoms with van der Waals surface area (Å²) in [5.74, 6) is -1.21. The number of hydrogen-bond donors (Lipinski definition) is 2. The number of carboxylic acids is 1. The zero-order chi connectivity index (χ0) is 8.77. The highest BCUT2D eigenvalue weighted by molar-refractivity contribution is 5.80. The molecule has 1 aliphatic carbocycles. The van der Waals surface area contributed by atoms with Crippen molar-refractivity contribution in [1.29, 1.82) is 0 Å². The van der Waals surface area contributed by atoms with Crippen LogP contribution in [0, 0.1) is 0 Å². The van der Waals surface area contributed by atoms with Crippen molar-refractivity contribution in [3.63, 3.8) is 0 Å². The van der Waals surface area contributed by atoms with Gasteiger partial charge in [-0.15, -0.1) is 0 Å². The van der Waals surface area contributed by atoms with Crippen LogP contribution in [0.2, 0.25) is 0 Å². The Bertz CT molecular complexity index is 328. The molecule has 1 unspecified atom stereocenters. The summed E-state index contributed by atoms with van der Waals surface area (Å²) in [5, 5.41) is 18.4. The lowest BCUT2D eigenvalue weighted by molar-refractivity contribution is -0.159. The topological polar surface area (TPSA) is 70.7 Å². The average molecular weight is 168 g/mol. The fourth-order valence-electron chi connectivity index (χ4n) is 1.55. The molecule has 0 fully saturated rings. The van der Waals surface area contributed by atoms with Gasteiger partial charge in [-0.3, -0.25) is 0 Å². The van der Waals surface area contributed by atoms with E-state index < -0.39 is 11.6 Å². The highest BCUT2D eigenvalue weighted by Gasteiger charge is 2.45. The molecule has 0 bridgehead atoms. The first-order valence-corrected chi connectivity index (χ1v) is 3.66. The van der Waals surface area contributed by atoms with Crippen LogP contribution in [0.25, 0.3) is 0 Å². The lowest BCUT2D eigenvalue weighted by Gasteiger charge is -2.15. The Kier molecular flexibility index (Phi) is 1.29. The molecule has 1 aliphatic rings. The van der Waals surface area contributed by atoms with Gasteiger partial charge in [0.05, 0.1) is 12.5 Å². The van der Waals surface area contributed by atoms with Crippen LogP contribution in [0.1, 0.15) is 17.5 Å². The lowest BCUT2D eigenvalue weighted by atomic mass is 9.99. The van der Waals surface area contributed by atoms with Crippen molar-refractivity contribution in [2.75, 3.05) is 0 Å². The molecule has 0 saturated heterocycles. The molecule has 1 aromatic rings. The maximum atomic E-state index is 10.7. The fourth-order valence-corrected chi connectivity index (χ4v) is 1.55. The predicted octanol–water partition coefficient (Wildman–Crippen LogP) is 0.498. The zero-order valence-electron chi connectivity index (χ0n) is 6.28. The molecule has 1 heterocycles. The van der Waals surface area contributed by atoms with Crippen LogP contribution in [0.15, 0.2) is 16.9 Å². The molecule has 4 nitrogen and oxygen atoms in total. The number of furan rings is 1. The third-order valence-electron chi connectivity index (χ3n) is 2.30. The summed E-state index contributed by atoms with van der Waals surface area (Å²) < 4.78 is 4.81. The monoisotopic (exact) mass is 168 g/mol. The van der Waals surface area contributed by atoms with E-state index in [1.807, 2.05) is 0 Å². The SMILES string of the molecule is O=C(O)C1(O)CCc2cocc21. The molecule has 0 aromatic carbocycles. The minimum Gasteiger partial charge on any atom is -0.479 e. The van der Waals surface area contributed by atoms with Crippen LogP contribution in [0.5, 0.6) is 0 Å². The van der Waals surface area contributed by atoms with Crippen molar-refractivity contribution < 1.29 is 19.4 Å². The normalized spacial score (nSPS) is 27.1. The molecule has 2 rings (SSSR count). The quantitative estimate of drug-likeness (QED) is 0.640. The van der Waals surface area contributed by atoms with Crippen LogP contribution in [-0.2, 0) is 16.8 Å². The lowest BCUT2D eigenvalue weighted by Crippen LogP contribution is -2.32. The Labute approximate surface area is 68.4 Å². The van der Waals surface area contributed by atoms with Gasteiger partial charge in [-0.25, -0.2) is 4.79 Å². The van der Waals surface area contributed by atoms with Gasteiger partial charge < -0.3 is 14.6 Å². The highest BCUT2D eigenvalue weighted by Crippen LogP contribution is 2.37. The Balaban J connectivity index is 2.51. The zero-order valence-corrected chi connectivity index (χ0v) is 6.28. The third-order valence-corrected chi connectivity index (χ3v) is 2.30. The Morgan fingerprint density at radius 2 is 2.33 bits per heavy atom. The number of aliphatic carboxylic acids is 1. The predicted molar refractivity (Wildman–Crippen MR) is 38.6 cm³/mol. The van der Waals surface area contributed by atoms with Crippen LogP contribution in [0.4, 0.5) is 0 Å². The van der Waals surface area contributed by atoms with Gasteiger partial charge in [-0.1, -0.05) is 0 Å². The molecule has 1 aromatic heterocycles. The van der Waals surface area contributed by atoms with E-state index in [9.17, 15) is 9.90 Å². The van der Waals surface area contributed by atoms with E-state index in [1.165, 1.54) is 12.5 Å². The first kappa shape index (κ1) is 7.36. The van der Waals surface area contributed by atoms with Crippen molar-refractivity contribution in [2.45, 2.75) is 18.4 Å². The van der Waals surface area contributed by atoms with Crippen molar-refractivity contribution in [3.8, 4) is 0 Å². The molecular formula is C8H8O4. The molecular weight excluding hydrogens is 160 g/mol. The van der Waals surface area contributed by atoms with Gasteiger partial charge in [0.25, 0.3) is 0 Å². The van der Waals surface area contributed by atoms with Crippen molar-refractivity contribution >= 4 is 5.97 Å². The molecule has 0 amide bonds. The highest BCUT2D eigenvalue weighted by atomic mass is 16.4. The molecule has 4 heteroatoms. The summed E-state index contributed by atoms with van der Waals surface area (Å²) in [6.45, 7) is 0. The molecule has 0 radical (unpaired) electrons. The summed E-state index contributed by atoms with van der Waals surface area (Å²) in [4.78, 5) is 10.7. The van der Waals surface area contributed by atoms with E-state index >= 15 is 0 Å². The van der Waals surface area contributed by atoms with E-state index in [0.717, 1.165) is 5.56 Å². The second kappa shape index (κ2) is 2.10. The molecule has 2 N–H and O–H groups in total. The smallest absolute Gasteiger partial charge is 0.340 e. The van der Waals surface area contributed by atoms with Crippen LogP contribution in [0.3, 0.4) is 0 Å². The van der Waals surface area contributed by atoms with Crippen LogP contribution < -0.4 is 0 Å². The largest absolute Gasteiger partial charge is 0.479 e. The first-order valence-electron chi connectivity index (χ1n) is 3.66. The van der Waals surface area contributed by atoms with Gasteiger partial charge in [-0.05, 0) is 18.4 Å². The van der Waals surface area contributed by atoms with Crippen LogP contribution >= 0.6 is 0 Å². The van der Waals surface area contributed by atoms with Gasteiger partial charge in [0.2, 0.25) is 0 Å². The minimum atomic E-state index is -1.72. The number of carboxylic acid groups (broad SMARTS) is 1. The van der Waals surface area contributed by atoms with Gasteiger partial charge in [0.15, 0.2) is 5.60 Å². The van der Waals surface area contributed by atoms with E-state index in [2.05, 4.69) is 0 Å². The van der Waals surface area contributed by atoms with Gasteiger partial charge in [0, 0.05) is 5.56 Å². The summed E-state index contributed by atoms with van der Waals surface area (Å²) in [7, 11) is 0. The number of rotatable bonds is 1. The van der Waals surface area contributed by atoms with E-state index in [1.54, 1.807) is 0 Å². The summed E-state index contributed by atoms with van der Waals surface area (Å²) >= 11 is 0. The van der Waals surface area contributed by atoms with E-state index in [0.29, 0.717) is 12.0 Å². The third kappa shape index (κ3) is 0.726. The molecule has 0 aliphatic heterocycles. The molecule has 0 spiro atoms. The summed E-state index contributed by atoms with van der Waals surface area (Å²) in [6.07, 6.45) is 3.59.